The number of anilines is 1. The highest BCUT2D eigenvalue weighted by Gasteiger charge is 2.14. The predicted molar refractivity (Wildman–Crippen MR) is 79.1 cm³/mol. The summed E-state index contributed by atoms with van der Waals surface area (Å²) in [5, 5.41) is 3.41. The maximum Gasteiger partial charge on any atom is 0.143 e. The summed E-state index contributed by atoms with van der Waals surface area (Å²) in [4.78, 5) is 0. The average molecular weight is 292 g/mol. The Labute approximate surface area is 122 Å². The minimum atomic E-state index is -0.411. The second-order valence-electron chi connectivity index (χ2n) is 4.96. The molecule has 0 bridgehead atoms. The molecule has 0 radical (unpaired) electrons. The standard InChI is InChI=1S/C16H15ClFNO/c1-10(19-13-3-4-14(17)15(18)9-13)11-2-5-16-12(8-11)6-7-20-16/h2-5,8-10,19H,6-7H2,1H3. The van der Waals surface area contributed by atoms with Crippen LogP contribution in [-0.4, -0.2) is 6.61 Å². The van der Waals surface area contributed by atoms with Crippen molar-refractivity contribution in [1.29, 1.82) is 0 Å². The molecule has 20 heavy (non-hydrogen) atoms. The summed E-state index contributed by atoms with van der Waals surface area (Å²) in [6.07, 6.45) is 0.950. The van der Waals surface area contributed by atoms with E-state index < -0.39 is 5.82 Å². The van der Waals surface area contributed by atoms with E-state index in [4.69, 9.17) is 16.3 Å². The monoisotopic (exact) mass is 291 g/mol. The molecule has 2 aromatic rings. The Hall–Kier alpha value is -1.74. The zero-order valence-electron chi connectivity index (χ0n) is 11.1. The van der Waals surface area contributed by atoms with Gasteiger partial charge in [0.05, 0.1) is 11.6 Å². The van der Waals surface area contributed by atoms with Crippen molar-refractivity contribution in [3.63, 3.8) is 0 Å². The Balaban J connectivity index is 1.78. The summed E-state index contributed by atoms with van der Waals surface area (Å²) >= 11 is 5.68. The molecule has 1 heterocycles. The Morgan fingerprint density at radius 2 is 2.10 bits per heavy atom. The van der Waals surface area contributed by atoms with Crippen molar-refractivity contribution in [3.8, 4) is 5.75 Å². The first-order valence-corrected chi connectivity index (χ1v) is 6.98. The molecule has 0 fully saturated rings. The van der Waals surface area contributed by atoms with Gasteiger partial charge < -0.3 is 10.1 Å². The van der Waals surface area contributed by atoms with Crippen molar-refractivity contribution >= 4 is 17.3 Å². The third-order valence-electron chi connectivity index (χ3n) is 3.52. The zero-order valence-corrected chi connectivity index (χ0v) is 11.9. The Morgan fingerprint density at radius 1 is 1.25 bits per heavy atom. The van der Waals surface area contributed by atoms with Crippen LogP contribution in [0.3, 0.4) is 0 Å². The maximum absolute atomic E-state index is 13.4. The van der Waals surface area contributed by atoms with Crippen molar-refractivity contribution in [3.05, 3.63) is 58.4 Å². The highest BCUT2D eigenvalue weighted by molar-refractivity contribution is 6.30. The van der Waals surface area contributed by atoms with Gasteiger partial charge in [0.15, 0.2) is 0 Å². The summed E-state index contributed by atoms with van der Waals surface area (Å²) in [6, 6.07) is 11.0. The number of halogens is 2. The predicted octanol–water partition coefficient (Wildman–Crippen LogP) is 4.59. The molecule has 3 rings (SSSR count). The van der Waals surface area contributed by atoms with Gasteiger partial charge in [-0.3, -0.25) is 0 Å². The lowest BCUT2D eigenvalue weighted by atomic mass is 10.0. The fraction of sp³-hybridized carbons (Fsp3) is 0.250. The second-order valence-corrected chi connectivity index (χ2v) is 5.37. The fourth-order valence-corrected chi connectivity index (χ4v) is 2.51. The molecule has 0 spiro atoms. The van der Waals surface area contributed by atoms with Gasteiger partial charge >= 0.3 is 0 Å². The molecule has 1 aliphatic heterocycles. The molecule has 1 N–H and O–H groups in total. The number of nitrogens with one attached hydrogen (secondary N) is 1. The number of fused-ring (bicyclic) bond motifs is 1. The van der Waals surface area contributed by atoms with Crippen LogP contribution in [0.4, 0.5) is 10.1 Å². The van der Waals surface area contributed by atoms with Crippen LogP contribution in [0.1, 0.15) is 24.1 Å². The molecule has 2 aromatic carbocycles. The van der Waals surface area contributed by atoms with Crippen LogP contribution in [-0.2, 0) is 6.42 Å². The van der Waals surface area contributed by atoms with Gasteiger partial charge in [0, 0.05) is 18.2 Å². The van der Waals surface area contributed by atoms with Crippen molar-refractivity contribution in [2.45, 2.75) is 19.4 Å². The third-order valence-corrected chi connectivity index (χ3v) is 3.82. The van der Waals surface area contributed by atoms with Gasteiger partial charge in [-0.1, -0.05) is 17.7 Å². The van der Waals surface area contributed by atoms with Gasteiger partial charge in [0.1, 0.15) is 11.6 Å². The van der Waals surface area contributed by atoms with E-state index in [2.05, 4.69) is 11.4 Å². The van der Waals surface area contributed by atoms with Gasteiger partial charge in [0.2, 0.25) is 0 Å². The van der Waals surface area contributed by atoms with Crippen LogP contribution in [0.15, 0.2) is 36.4 Å². The zero-order chi connectivity index (χ0) is 14.1. The van der Waals surface area contributed by atoms with Crippen molar-refractivity contribution in [2.24, 2.45) is 0 Å². The molecule has 0 amide bonds. The molecule has 1 unspecified atom stereocenters. The molecule has 0 saturated heterocycles. The van der Waals surface area contributed by atoms with Crippen molar-refractivity contribution in [2.75, 3.05) is 11.9 Å². The second kappa shape index (κ2) is 5.33. The molecule has 1 atom stereocenters. The van der Waals surface area contributed by atoms with Crippen LogP contribution >= 0.6 is 11.6 Å². The summed E-state index contributed by atoms with van der Waals surface area (Å²) in [7, 11) is 0. The van der Waals surface area contributed by atoms with E-state index >= 15 is 0 Å². The molecule has 1 aliphatic rings. The lowest BCUT2D eigenvalue weighted by Gasteiger charge is -2.16. The highest BCUT2D eigenvalue weighted by atomic mass is 35.5. The summed E-state index contributed by atoms with van der Waals surface area (Å²) in [5.41, 5.74) is 3.11. The first-order chi connectivity index (χ1) is 9.63. The smallest absolute Gasteiger partial charge is 0.143 e. The van der Waals surface area contributed by atoms with Gasteiger partial charge in [-0.05, 0) is 48.4 Å². The lowest BCUT2D eigenvalue weighted by molar-refractivity contribution is 0.357. The number of benzene rings is 2. The van der Waals surface area contributed by atoms with E-state index in [0.29, 0.717) is 0 Å². The first-order valence-electron chi connectivity index (χ1n) is 6.61. The van der Waals surface area contributed by atoms with E-state index in [1.54, 1.807) is 12.1 Å². The van der Waals surface area contributed by atoms with Crippen LogP contribution in [0.2, 0.25) is 5.02 Å². The third kappa shape index (κ3) is 2.59. The van der Waals surface area contributed by atoms with Crippen LogP contribution in [0, 0.1) is 5.82 Å². The molecular formula is C16H15ClFNO. The van der Waals surface area contributed by atoms with E-state index in [9.17, 15) is 4.39 Å². The summed E-state index contributed by atoms with van der Waals surface area (Å²) < 4.78 is 18.9. The largest absolute Gasteiger partial charge is 0.493 e. The summed E-state index contributed by atoms with van der Waals surface area (Å²) in [5.74, 6) is 0.560. The lowest BCUT2D eigenvalue weighted by Crippen LogP contribution is -2.07. The van der Waals surface area contributed by atoms with E-state index in [0.717, 1.165) is 30.0 Å². The average Bonchev–Trinajstić information content (AvgIpc) is 2.90. The number of ether oxygens (including phenoxy) is 1. The first kappa shape index (κ1) is 13.3. The highest BCUT2D eigenvalue weighted by Crippen LogP contribution is 2.29. The molecule has 0 saturated carbocycles. The Morgan fingerprint density at radius 3 is 2.90 bits per heavy atom. The maximum atomic E-state index is 13.4. The van der Waals surface area contributed by atoms with E-state index in [-0.39, 0.29) is 11.1 Å². The van der Waals surface area contributed by atoms with Crippen LogP contribution in [0.5, 0.6) is 5.75 Å². The van der Waals surface area contributed by atoms with Gasteiger partial charge in [-0.15, -0.1) is 0 Å². The SMILES string of the molecule is CC(Nc1ccc(Cl)c(F)c1)c1ccc2c(c1)CCO2. The number of rotatable bonds is 3. The van der Waals surface area contributed by atoms with E-state index in [1.807, 2.05) is 19.1 Å². The fourth-order valence-electron chi connectivity index (χ4n) is 2.40. The van der Waals surface area contributed by atoms with Gasteiger partial charge in [0.25, 0.3) is 0 Å². The quantitative estimate of drug-likeness (QED) is 0.893. The van der Waals surface area contributed by atoms with Crippen LogP contribution in [0.25, 0.3) is 0 Å². The van der Waals surface area contributed by atoms with E-state index in [1.165, 1.54) is 11.6 Å². The molecule has 104 valence electrons. The van der Waals surface area contributed by atoms with Gasteiger partial charge in [-0.25, -0.2) is 4.39 Å². The van der Waals surface area contributed by atoms with Gasteiger partial charge in [-0.2, -0.15) is 0 Å². The number of hydrogen-bond donors (Lipinski definition) is 1. The topological polar surface area (TPSA) is 21.3 Å². The van der Waals surface area contributed by atoms with Crippen molar-refractivity contribution < 1.29 is 9.13 Å². The molecule has 4 heteroatoms. The number of hydrogen-bond acceptors (Lipinski definition) is 2. The molecule has 2 nitrogen and oxygen atoms in total. The minimum Gasteiger partial charge on any atom is -0.493 e. The normalized spacial score (nSPS) is 14.6. The van der Waals surface area contributed by atoms with Crippen molar-refractivity contribution in [1.82, 2.24) is 0 Å². The van der Waals surface area contributed by atoms with Crippen LogP contribution < -0.4 is 10.1 Å². The Kier molecular flexibility index (Phi) is 3.53. The molecule has 0 aromatic heterocycles. The molecular weight excluding hydrogens is 277 g/mol. The minimum absolute atomic E-state index is 0.0847. The summed E-state index contributed by atoms with van der Waals surface area (Å²) in [6.45, 7) is 2.80. The Bertz CT molecular complexity index is 644. The molecule has 0 aliphatic carbocycles.